The van der Waals surface area contributed by atoms with Crippen LogP contribution in [0.15, 0.2) is 50.1 Å². The van der Waals surface area contributed by atoms with E-state index in [1.165, 1.54) is 0 Å². The summed E-state index contributed by atoms with van der Waals surface area (Å²) >= 11 is 3.42. The van der Waals surface area contributed by atoms with E-state index in [4.69, 9.17) is 4.42 Å². The molecular weight excluding hydrogens is 422 g/mol. The van der Waals surface area contributed by atoms with Crippen LogP contribution in [0.1, 0.15) is 45.3 Å². The van der Waals surface area contributed by atoms with Gasteiger partial charge in [-0.15, -0.1) is 0 Å². The molecule has 0 aliphatic carbocycles. The molecule has 1 aromatic heterocycles. The van der Waals surface area contributed by atoms with Crippen molar-refractivity contribution in [1.29, 1.82) is 0 Å². The Morgan fingerprint density at radius 1 is 1.14 bits per heavy atom. The van der Waals surface area contributed by atoms with Crippen molar-refractivity contribution < 1.29 is 14.3 Å². The summed E-state index contributed by atoms with van der Waals surface area (Å²) in [6.45, 7) is 4.12. The van der Waals surface area contributed by atoms with Gasteiger partial charge in [0, 0.05) is 17.6 Å². The van der Waals surface area contributed by atoms with E-state index >= 15 is 0 Å². The normalized spacial score (nSPS) is 16.1. The topological polar surface area (TPSA) is 70.8 Å². The largest absolute Gasteiger partial charge is 0.450 e. The van der Waals surface area contributed by atoms with Crippen LogP contribution < -0.4 is 5.43 Å². The maximum absolute atomic E-state index is 13.5. The van der Waals surface area contributed by atoms with Crippen LogP contribution in [0.4, 0.5) is 0 Å². The van der Waals surface area contributed by atoms with E-state index in [1.54, 1.807) is 11.0 Å². The van der Waals surface area contributed by atoms with Crippen LogP contribution in [0, 0.1) is 13.8 Å². The van der Waals surface area contributed by atoms with Crippen LogP contribution in [0.25, 0.3) is 11.0 Å². The summed E-state index contributed by atoms with van der Waals surface area (Å²) in [4.78, 5) is 28.2. The van der Waals surface area contributed by atoms with Gasteiger partial charge in [0.05, 0.1) is 17.0 Å². The lowest BCUT2D eigenvalue weighted by atomic mass is 9.97. The van der Waals surface area contributed by atoms with Gasteiger partial charge in [0.25, 0.3) is 5.91 Å². The molecular formula is C22H20BrNO4. The molecule has 0 radical (unpaired) electrons. The van der Waals surface area contributed by atoms with Crippen molar-refractivity contribution >= 4 is 32.8 Å². The number of halogens is 1. The number of carbonyl (C=O) groups is 1. The maximum atomic E-state index is 13.5. The van der Waals surface area contributed by atoms with E-state index < -0.39 is 6.04 Å². The molecule has 5 nitrogen and oxygen atoms in total. The van der Waals surface area contributed by atoms with Crippen LogP contribution in [0.3, 0.4) is 0 Å². The molecule has 1 N–H and O–H groups in total. The van der Waals surface area contributed by atoms with Crippen LogP contribution in [0.5, 0.6) is 0 Å². The van der Waals surface area contributed by atoms with Crippen LogP contribution in [-0.4, -0.2) is 29.1 Å². The highest BCUT2D eigenvalue weighted by molar-refractivity contribution is 9.10. The highest BCUT2D eigenvalue weighted by Gasteiger charge is 2.42. The number of rotatable bonds is 4. The molecule has 2 heterocycles. The summed E-state index contributed by atoms with van der Waals surface area (Å²) in [5.74, 6) is -0.206. The molecule has 0 saturated heterocycles. The molecule has 0 saturated carbocycles. The second-order valence-electron chi connectivity index (χ2n) is 7.16. The smallest absolute Gasteiger partial charge is 0.290 e. The average molecular weight is 442 g/mol. The number of aryl methyl sites for hydroxylation is 2. The van der Waals surface area contributed by atoms with Crippen LogP contribution in [0.2, 0.25) is 0 Å². The van der Waals surface area contributed by atoms with Crippen molar-refractivity contribution in [3.8, 4) is 0 Å². The number of aliphatic hydroxyl groups excluding tert-OH is 1. The Hall–Kier alpha value is -2.44. The standard InChI is InChI=1S/C22H20BrNO4/c1-12-10-13(2)17-16(11-12)28-21-18(20(17)26)19(14-4-6-15(23)7-5-14)24(22(21)27)8-3-9-25/h4-7,10-11,19,25H,3,8-9H2,1-2H3. The third-order valence-corrected chi connectivity index (χ3v) is 5.68. The van der Waals surface area contributed by atoms with Gasteiger partial charge in [-0.05, 0) is 55.2 Å². The number of amides is 1. The predicted molar refractivity (Wildman–Crippen MR) is 111 cm³/mol. The highest BCUT2D eigenvalue weighted by Crippen LogP contribution is 2.38. The number of hydrogen-bond acceptors (Lipinski definition) is 4. The molecule has 1 unspecified atom stereocenters. The number of benzene rings is 2. The zero-order chi connectivity index (χ0) is 20.0. The fourth-order valence-electron chi connectivity index (χ4n) is 3.98. The first-order valence-corrected chi connectivity index (χ1v) is 9.97. The molecule has 28 heavy (non-hydrogen) atoms. The molecule has 2 aromatic carbocycles. The highest BCUT2D eigenvalue weighted by atomic mass is 79.9. The number of fused-ring (bicyclic) bond motifs is 2. The van der Waals surface area contributed by atoms with Crippen LogP contribution >= 0.6 is 15.9 Å². The van der Waals surface area contributed by atoms with Gasteiger partial charge in [0.1, 0.15) is 5.58 Å². The molecule has 1 aliphatic rings. The van der Waals surface area contributed by atoms with E-state index in [9.17, 15) is 14.7 Å². The third-order valence-electron chi connectivity index (χ3n) is 5.16. The fraction of sp³-hybridized carbons (Fsp3) is 0.273. The first-order chi connectivity index (χ1) is 13.4. The molecule has 1 amide bonds. The SMILES string of the molecule is Cc1cc(C)c2c(=O)c3c(oc2c1)C(=O)N(CCCO)C3c1ccc(Br)cc1. The van der Waals surface area contributed by atoms with Gasteiger partial charge >= 0.3 is 0 Å². The lowest BCUT2D eigenvalue weighted by Gasteiger charge is -2.24. The first kappa shape index (κ1) is 18.9. The average Bonchev–Trinajstić information content (AvgIpc) is 2.92. The fourth-order valence-corrected chi connectivity index (χ4v) is 4.24. The van der Waals surface area contributed by atoms with Gasteiger partial charge in [-0.25, -0.2) is 0 Å². The summed E-state index contributed by atoms with van der Waals surface area (Å²) in [6, 6.07) is 10.8. The minimum absolute atomic E-state index is 0.0329. The third kappa shape index (κ3) is 2.97. The van der Waals surface area contributed by atoms with Crippen molar-refractivity contribution in [2.24, 2.45) is 0 Å². The Kier molecular flexibility index (Phi) is 4.85. The minimum Gasteiger partial charge on any atom is -0.450 e. The van der Waals surface area contributed by atoms with E-state index in [-0.39, 0.29) is 23.7 Å². The molecule has 0 fully saturated rings. The summed E-state index contributed by atoms with van der Waals surface area (Å²) in [5.41, 5.74) is 3.30. The number of hydrogen-bond donors (Lipinski definition) is 1. The predicted octanol–water partition coefficient (Wildman–Crippen LogP) is 4.10. The molecule has 144 valence electrons. The maximum Gasteiger partial charge on any atom is 0.290 e. The molecule has 4 rings (SSSR count). The van der Waals surface area contributed by atoms with E-state index in [0.717, 1.165) is 21.2 Å². The lowest BCUT2D eigenvalue weighted by molar-refractivity contribution is 0.0716. The van der Waals surface area contributed by atoms with Gasteiger partial charge in [-0.3, -0.25) is 9.59 Å². The van der Waals surface area contributed by atoms with Crippen molar-refractivity contribution in [2.45, 2.75) is 26.3 Å². The van der Waals surface area contributed by atoms with Crippen molar-refractivity contribution in [3.05, 3.63) is 79.1 Å². The molecule has 0 spiro atoms. The summed E-state index contributed by atoms with van der Waals surface area (Å²) in [7, 11) is 0. The molecule has 1 atom stereocenters. The second-order valence-corrected chi connectivity index (χ2v) is 8.07. The Balaban J connectivity index is 2.00. The van der Waals surface area contributed by atoms with E-state index in [0.29, 0.717) is 29.5 Å². The Bertz CT molecular complexity index is 1130. The zero-order valence-electron chi connectivity index (χ0n) is 15.7. The minimum atomic E-state index is -0.525. The summed E-state index contributed by atoms with van der Waals surface area (Å²) in [5, 5.41) is 9.79. The van der Waals surface area contributed by atoms with Crippen molar-refractivity contribution in [2.75, 3.05) is 13.2 Å². The number of nitrogens with zero attached hydrogens (tertiary/aromatic N) is 1. The van der Waals surface area contributed by atoms with E-state index in [2.05, 4.69) is 15.9 Å². The van der Waals surface area contributed by atoms with E-state index in [1.807, 2.05) is 44.2 Å². The van der Waals surface area contributed by atoms with Gasteiger partial charge in [0.2, 0.25) is 5.76 Å². The van der Waals surface area contributed by atoms with Crippen molar-refractivity contribution in [3.63, 3.8) is 0 Å². The number of carbonyl (C=O) groups excluding carboxylic acids is 1. The second kappa shape index (κ2) is 7.18. The van der Waals surface area contributed by atoms with Crippen LogP contribution in [-0.2, 0) is 0 Å². The molecule has 6 heteroatoms. The number of aliphatic hydroxyl groups is 1. The first-order valence-electron chi connectivity index (χ1n) is 9.17. The molecule has 0 bridgehead atoms. The summed E-state index contributed by atoms with van der Waals surface area (Å²) < 4.78 is 6.90. The zero-order valence-corrected chi connectivity index (χ0v) is 17.2. The lowest BCUT2D eigenvalue weighted by Crippen LogP contribution is -2.31. The monoisotopic (exact) mass is 441 g/mol. The van der Waals surface area contributed by atoms with Gasteiger partial charge in [-0.2, -0.15) is 0 Å². The summed E-state index contributed by atoms with van der Waals surface area (Å²) in [6.07, 6.45) is 0.429. The van der Waals surface area contributed by atoms with Gasteiger partial charge in [-0.1, -0.05) is 34.1 Å². The Morgan fingerprint density at radius 3 is 2.54 bits per heavy atom. The van der Waals surface area contributed by atoms with Gasteiger partial charge in [0.15, 0.2) is 5.43 Å². The molecule has 1 aliphatic heterocycles. The molecule has 3 aromatic rings. The van der Waals surface area contributed by atoms with Gasteiger partial charge < -0.3 is 14.4 Å². The Morgan fingerprint density at radius 2 is 1.86 bits per heavy atom. The van der Waals surface area contributed by atoms with Crippen molar-refractivity contribution in [1.82, 2.24) is 4.90 Å². The Labute approximate surface area is 170 Å². The quantitative estimate of drug-likeness (QED) is 0.661.